The van der Waals surface area contributed by atoms with Crippen LogP contribution in [0.4, 0.5) is 17.5 Å². The standard InChI is InChI=1S/C16H22N4O4.2C13H18N4O4/c1-8(21)10-11-16(4,24-15(2,3)23-11)14(22-10)20-6-5-9-12(17)18-7-19-13(9)20;2*1-6(18)8-9(19)13(2,20)12(21-8)17-4-3-7-10(14)15-5-16-11(7)17/h5-8,10-11,14,21H,1-4H3,(H2,17,18,19);2*3-6,8-9,12,18-20H,1-2H3,(H2,14,15,16)/t8?,10-,11-,14-,16-;6-,8+,9+,12+,13+;6-,8-,9-,12-,13-/m101/s1. The Morgan fingerprint density at radius 3 is 1.21 bits per heavy atom. The van der Waals surface area contributed by atoms with Crippen LogP contribution in [0, 0.1) is 0 Å². The summed E-state index contributed by atoms with van der Waals surface area (Å²) in [5, 5.41) is 73.0. The van der Waals surface area contributed by atoms with Gasteiger partial charge < -0.3 is 90.3 Å². The van der Waals surface area contributed by atoms with Crippen LogP contribution in [0.3, 0.4) is 0 Å². The minimum Gasteiger partial charge on any atom is -0.391 e. The summed E-state index contributed by atoms with van der Waals surface area (Å²) in [6.45, 7) is 13.3. The van der Waals surface area contributed by atoms with Crippen molar-refractivity contribution in [2.24, 2.45) is 0 Å². The molecule has 10 rings (SSSR count). The van der Waals surface area contributed by atoms with Crippen molar-refractivity contribution in [2.45, 2.75) is 152 Å². The molecule has 358 valence electrons. The molecule has 66 heavy (non-hydrogen) atoms. The molecular formula is C42H58N12O12. The van der Waals surface area contributed by atoms with Crippen molar-refractivity contribution in [3.05, 3.63) is 55.8 Å². The zero-order valence-electron chi connectivity index (χ0n) is 37.6. The molecular weight excluding hydrogens is 865 g/mol. The van der Waals surface area contributed by atoms with Gasteiger partial charge in [-0.25, -0.2) is 29.9 Å². The summed E-state index contributed by atoms with van der Waals surface area (Å²) in [4.78, 5) is 24.4. The van der Waals surface area contributed by atoms with Gasteiger partial charge in [-0.3, -0.25) is 0 Å². The topological polar surface area (TPSA) is 358 Å². The molecule has 13 N–H and O–H groups in total. The van der Waals surface area contributed by atoms with Crippen molar-refractivity contribution in [1.29, 1.82) is 0 Å². The molecule has 0 amide bonds. The first-order chi connectivity index (χ1) is 30.9. The van der Waals surface area contributed by atoms with Gasteiger partial charge >= 0.3 is 0 Å². The lowest BCUT2D eigenvalue weighted by Crippen LogP contribution is -2.45. The molecule has 6 aromatic heterocycles. The summed E-state index contributed by atoms with van der Waals surface area (Å²) in [5.41, 5.74) is 15.2. The van der Waals surface area contributed by atoms with Gasteiger partial charge in [0.15, 0.2) is 24.5 Å². The number of fused-ring (bicyclic) bond motifs is 4. The van der Waals surface area contributed by atoms with E-state index in [-0.39, 0.29) is 0 Å². The number of hydrogen-bond donors (Lipinski definition) is 10. The highest BCUT2D eigenvalue weighted by atomic mass is 16.8. The van der Waals surface area contributed by atoms with Gasteiger partial charge in [-0.2, -0.15) is 0 Å². The second-order valence-corrected chi connectivity index (χ2v) is 18.3. The van der Waals surface area contributed by atoms with E-state index in [0.717, 1.165) is 5.39 Å². The van der Waals surface area contributed by atoms with Gasteiger partial charge in [0, 0.05) is 18.6 Å². The second kappa shape index (κ2) is 16.8. The van der Waals surface area contributed by atoms with Gasteiger partial charge in [0.1, 0.15) is 107 Å². The third-order valence-electron chi connectivity index (χ3n) is 12.7. The molecule has 4 aliphatic heterocycles. The van der Waals surface area contributed by atoms with E-state index in [4.69, 9.17) is 40.9 Å². The van der Waals surface area contributed by atoms with Crippen molar-refractivity contribution >= 4 is 50.6 Å². The molecule has 0 radical (unpaired) electrons. The van der Waals surface area contributed by atoms with Crippen LogP contribution in [0.1, 0.15) is 74.1 Å². The molecule has 4 saturated heterocycles. The van der Waals surface area contributed by atoms with Crippen LogP contribution in [0.25, 0.3) is 33.1 Å². The Hall–Kier alpha value is -5.22. The number of nitrogen functional groups attached to an aromatic ring is 3. The molecule has 6 aromatic rings. The number of nitrogens with two attached hydrogens (primary N) is 3. The van der Waals surface area contributed by atoms with Crippen LogP contribution in [0.5, 0.6) is 0 Å². The van der Waals surface area contributed by atoms with Crippen molar-refractivity contribution in [3.63, 3.8) is 0 Å². The zero-order chi connectivity index (χ0) is 48.0. The Bertz CT molecular complexity index is 2590. The first-order valence-corrected chi connectivity index (χ1v) is 21.3. The molecule has 10 heterocycles. The number of nitrogens with zero attached hydrogens (tertiary/aromatic N) is 9. The van der Waals surface area contributed by atoms with E-state index in [1.165, 1.54) is 46.7 Å². The molecule has 24 nitrogen and oxygen atoms in total. The summed E-state index contributed by atoms with van der Waals surface area (Å²) in [7, 11) is 0. The third kappa shape index (κ3) is 7.78. The number of rotatable bonds is 6. The largest absolute Gasteiger partial charge is 0.391 e. The lowest BCUT2D eigenvalue weighted by molar-refractivity contribution is -0.221. The van der Waals surface area contributed by atoms with Gasteiger partial charge in [-0.1, -0.05) is 0 Å². The molecule has 15 atom stereocenters. The van der Waals surface area contributed by atoms with Crippen LogP contribution >= 0.6 is 0 Å². The number of hydrogen-bond acceptors (Lipinski definition) is 21. The maximum Gasteiger partial charge on any atom is 0.167 e. The van der Waals surface area contributed by atoms with Gasteiger partial charge in [0.05, 0.1) is 34.5 Å². The number of aliphatic hydroxyl groups excluding tert-OH is 5. The Labute approximate surface area is 377 Å². The molecule has 24 heteroatoms. The fourth-order valence-corrected chi connectivity index (χ4v) is 9.35. The molecule has 1 unspecified atom stereocenters. The monoisotopic (exact) mass is 922 g/mol. The van der Waals surface area contributed by atoms with Crippen LogP contribution in [-0.2, 0) is 23.7 Å². The molecule has 0 aliphatic carbocycles. The maximum absolute atomic E-state index is 10.6. The summed E-state index contributed by atoms with van der Waals surface area (Å²) in [6.07, 6.45) is -0.706. The number of aromatic nitrogens is 9. The van der Waals surface area contributed by atoms with Gasteiger partial charge in [0.25, 0.3) is 0 Å². The molecule has 4 fully saturated rings. The molecule has 0 aromatic carbocycles. The van der Waals surface area contributed by atoms with Crippen molar-refractivity contribution in [1.82, 2.24) is 43.6 Å². The lowest BCUT2D eigenvalue weighted by atomic mass is 9.94. The Morgan fingerprint density at radius 2 is 0.879 bits per heavy atom. The van der Waals surface area contributed by atoms with Crippen LogP contribution < -0.4 is 17.2 Å². The van der Waals surface area contributed by atoms with Crippen molar-refractivity contribution in [3.8, 4) is 0 Å². The van der Waals surface area contributed by atoms with Crippen LogP contribution in [-0.4, -0.2) is 157 Å². The number of ether oxygens (including phenoxy) is 5. The summed E-state index contributed by atoms with van der Waals surface area (Å²) in [5.74, 6) is 0.299. The Morgan fingerprint density at radius 1 is 0.545 bits per heavy atom. The highest BCUT2D eigenvalue weighted by Gasteiger charge is 2.65. The smallest absolute Gasteiger partial charge is 0.167 e. The quantitative estimate of drug-likeness (QED) is 0.105. The average molecular weight is 923 g/mol. The van der Waals surface area contributed by atoms with Gasteiger partial charge in [-0.05, 0) is 73.6 Å². The summed E-state index contributed by atoms with van der Waals surface area (Å²) >= 11 is 0. The minimum absolute atomic E-state index is 0.323. The highest BCUT2D eigenvalue weighted by molar-refractivity contribution is 5.87. The SMILES string of the molecule is CC(O)[C@H]1O[C@@H](n2ccc3c(N)ncnc32)[C@]2(C)OC(C)(C)O[C@H]12.C[C@@H](O)[C@H]1O[C@@H](n2ccc3c(N)ncnc32)[C@](C)(O)[C@@H]1O.C[C@H](O)[C@H]1O[C@@H](n2ccc3c(N)ncnc32)[C@](C)(O)[C@@H]1O. The normalized spacial score (nSPS) is 35.0. The molecule has 0 spiro atoms. The summed E-state index contributed by atoms with van der Waals surface area (Å²) in [6, 6.07) is 5.28. The van der Waals surface area contributed by atoms with Crippen LogP contribution in [0.2, 0.25) is 0 Å². The van der Waals surface area contributed by atoms with Crippen molar-refractivity contribution < 1.29 is 59.4 Å². The van der Waals surface area contributed by atoms with Gasteiger partial charge in [-0.15, -0.1) is 0 Å². The number of anilines is 3. The number of aliphatic hydroxyl groups is 7. The van der Waals surface area contributed by atoms with E-state index >= 15 is 0 Å². The lowest BCUT2D eigenvalue weighted by Gasteiger charge is -2.30. The molecule has 4 aliphatic rings. The van der Waals surface area contributed by atoms with Crippen molar-refractivity contribution in [2.75, 3.05) is 17.2 Å². The van der Waals surface area contributed by atoms with E-state index in [0.29, 0.717) is 45.2 Å². The first-order valence-electron chi connectivity index (χ1n) is 21.3. The first kappa shape index (κ1) is 47.3. The van der Waals surface area contributed by atoms with E-state index in [1.54, 1.807) is 40.6 Å². The fourth-order valence-electron chi connectivity index (χ4n) is 9.35. The average Bonchev–Trinajstić information content (AvgIpc) is 4.10. The third-order valence-corrected chi connectivity index (χ3v) is 12.7. The molecule has 0 bridgehead atoms. The van der Waals surface area contributed by atoms with E-state index in [2.05, 4.69) is 29.9 Å². The van der Waals surface area contributed by atoms with E-state index in [9.17, 15) is 35.7 Å². The highest BCUT2D eigenvalue weighted by Crippen LogP contribution is 2.52. The van der Waals surface area contributed by atoms with E-state index < -0.39 is 96.2 Å². The molecule has 0 saturated carbocycles. The summed E-state index contributed by atoms with van der Waals surface area (Å²) < 4.78 is 34.7. The fraction of sp³-hybridized carbons (Fsp3) is 0.571. The Balaban J connectivity index is 0.000000135. The minimum atomic E-state index is -1.58. The second-order valence-electron chi connectivity index (χ2n) is 18.3. The predicted octanol–water partition coefficient (Wildman–Crippen LogP) is 0.00910. The van der Waals surface area contributed by atoms with Crippen LogP contribution in [0.15, 0.2) is 55.8 Å². The maximum atomic E-state index is 10.6. The van der Waals surface area contributed by atoms with E-state index in [1.807, 2.05) is 37.6 Å². The zero-order valence-corrected chi connectivity index (χ0v) is 37.6. The Kier molecular flexibility index (Phi) is 12.1. The van der Waals surface area contributed by atoms with Gasteiger partial charge in [0.2, 0.25) is 0 Å². The predicted molar refractivity (Wildman–Crippen MR) is 234 cm³/mol.